The third-order valence-corrected chi connectivity index (χ3v) is 4.36. The van der Waals surface area contributed by atoms with Crippen LogP contribution < -0.4 is 5.32 Å². The summed E-state index contributed by atoms with van der Waals surface area (Å²) in [5.74, 6) is 0.704. The van der Waals surface area contributed by atoms with Gasteiger partial charge in [-0.3, -0.25) is 4.68 Å². The van der Waals surface area contributed by atoms with Crippen LogP contribution in [0.15, 0.2) is 5.03 Å². The maximum Gasteiger partial charge on any atom is 0.117 e. The summed E-state index contributed by atoms with van der Waals surface area (Å²) in [5, 5.41) is 9.85. The number of fused-ring (bicyclic) bond motifs is 1. The van der Waals surface area contributed by atoms with Crippen molar-refractivity contribution in [3.8, 4) is 0 Å². The lowest BCUT2D eigenvalue weighted by molar-refractivity contribution is 0.611. The van der Waals surface area contributed by atoms with Gasteiger partial charge in [0, 0.05) is 18.8 Å². The Balaban J connectivity index is 2.30. The molecular formula is C10H17N3S. The van der Waals surface area contributed by atoms with Gasteiger partial charge in [0.15, 0.2) is 0 Å². The Morgan fingerprint density at radius 2 is 2.29 bits per heavy atom. The third kappa shape index (κ3) is 1.52. The summed E-state index contributed by atoms with van der Waals surface area (Å²) < 4.78 is 1.98. The lowest BCUT2D eigenvalue weighted by Crippen LogP contribution is -2.26. The zero-order chi connectivity index (χ0) is 10.3. The number of nitrogens with zero attached hydrogens (tertiary/aromatic N) is 2. The molecule has 1 aromatic heterocycles. The molecule has 0 saturated carbocycles. The Morgan fingerprint density at radius 1 is 1.57 bits per heavy atom. The second-order valence-electron chi connectivity index (χ2n) is 4.17. The Bertz CT molecular complexity index is 343. The summed E-state index contributed by atoms with van der Waals surface area (Å²) in [5.41, 5.74) is 2.34. The van der Waals surface area contributed by atoms with Crippen LogP contribution in [0.1, 0.15) is 19.5 Å². The first-order valence-electron chi connectivity index (χ1n) is 5.03. The molecule has 2 rings (SSSR count). The smallest absolute Gasteiger partial charge is 0.117 e. The van der Waals surface area contributed by atoms with Crippen molar-refractivity contribution in [2.75, 3.05) is 11.9 Å². The van der Waals surface area contributed by atoms with Gasteiger partial charge in [-0.1, -0.05) is 25.6 Å². The maximum atomic E-state index is 4.42. The molecule has 0 saturated heterocycles. The zero-order valence-electron chi connectivity index (χ0n) is 9.16. The van der Waals surface area contributed by atoms with Crippen LogP contribution in [-0.4, -0.2) is 21.6 Å². The van der Waals surface area contributed by atoms with E-state index >= 15 is 0 Å². The van der Waals surface area contributed by atoms with E-state index in [0.29, 0.717) is 11.2 Å². The number of aromatic nitrogens is 2. The SMILES string of the molecule is Cc1nn(C)c2c1NCC(C(C)C)S2. The quantitative estimate of drug-likeness (QED) is 0.773. The number of anilines is 1. The number of thioether (sulfide) groups is 1. The highest BCUT2D eigenvalue weighted by Gasteiger charge is 2.25. The van der Waals surface area contributed by atoms with Crippen LogP contribution in [0.25, 0.3) is 0 Å². The zero-order valence-corrected chi connectivity index (χ0v) is 9.98. The standard InChI is InChI=1S/C10H17N3S/c1-6(2)8-5-11-9-7(3)12-13(4)10(9)14-8/h6,8,11H,5H2,1-4H3. The first-order valence-corrected chi connectivity index (χ1v) is 5.91. The Labute approximate surface area is 89.3 Å². The van der Waals surface area contributed by atoms with Gasteiger partial charge in [0.1, 0.15) is 5.03 Å². The summed E-state index contributed by atoms with van der Waals surface area (Å²) in [6.07, 6.45) is 0. The average Bonchev–Trinajstić information content (AvgIpc) is 2.42. The van der Waals surface area contributed by atoms with Gasteiger partial charge in [0.2, 0.25) is 0 Å². The molecule has 1 aromatic rings. The van der Waals surface area contributed by atoms with E-state index in [-0.39, 0.29) is 0 Å². The van der Waals surface area contributed by atoms with Crippen molar-refractivity contribution in [2.24, 2.45) is 13.0 Å². The molecule has 3 nitrogen and oxygen atoms in total. The minimum absolute atomic E-state index is 0.664. The highest BCUT2D eigenvalue weighted by molar-refractivity contribution is 8.00. The van der Waals surface area contributed by atoms with Crippen LogP contribution in [0.3, 0.4) is 0 Å². The van der Waals surface area contributed by atoms with E-state index in [0.717, 1.165) is 12.2 Å². The molecule has 0 spiro atoms. The average molecular weight is 211 g/mol. The van der Waals surface area contributed by atoms with Crippen LogP contribution in [0.4, 0.5) is 5.69 Å². The van der Waals surface area contributed by atoms with Gasteiger partial charge in [-0.2, -0.15) is 5.10 Å². The molecule has 0 bridgehead atoms. The highest BCUT2D eigenvalue weighted by Crippen LogP contribution is 2.38. The molecule has 1 N–H and O–H groups in total. The van der Waals surface area contributed by atoms with Gasteiger partial charge in [0.05, 0.1) is 11.4 Å². The van der Waals surface area contributed by atoms with Crippen LogP contribution in [0, 0.1) is 12.8 Å². The molecule has 0 amide bonds. The summed E-state index contributed by atoms with van der Waals surface area (Å²) in [4.78, 5) is 0. The molecule has 0 aromatic carbocycles. The first-order chi connectivity index (χ1) is 6.59. The molecule has 1 aliphatic rings. The van der Waals surface area contributed by atoms with E-state index < -0.39 is 0 Å². The van der Waals surface area contributed by atoms with Gasteiger partial charge in [-0.05, 0) is 12.8 Å². The summed E-state index contributed by atoms with van der Waals surface area (Å²) in [6.45, 7) is 7.66. The fourth-order valence-electron chi connectivity index (χ4n) is 1.74. The van der Waals surface area contributed by atoms with Crippen molar-refractivity contribution in [3.05, 3.63) is 5.69 Å². The number of rotatable bonds is 1. The van der Waals surface area contributed by atoms with Gasteiger partial charge in [-0.25, -0.2) is 0 Å². The van der Waals surface area contributed by atoms with Gasteiger partial charge in [-0.15, -0.1) is 0 Å². The van der Waals surface area contributed by atoms with Crippen LogP contribution >= 0.6 is 11.8 Å². The number of hydrogen-bond donors (Lipinski definition) is 1. The second-order valence-corrected chi connectivity index (χ2v) is 5.40. The minimum Gasteiger partial charge on any atom is -0.380 e. The second kappa shape index (κ2) is 3.50. The van der Waals surface area contributed by atoms with Crippen molar-refractivity contribution in [1.82, 2.24) is 9.78 Å². The topological polar surface area (TPSA) is 29.9 Å². The maximum absolute atomic E-state index is 4.42. The molecule has 0 radical (unpaired) electrons. The predicted molar refractivity (Wildman–Crippen MR) is 60.9 cm³/mol. The molecule has 0 aliphatic carbocycles. The van der Waals surface area contributed by atoms with E-state index in [1.807, 2.05) is 23.5 Å². The van der Waals surface area contributed by atoms with E-state index in [4.69, 9.17) is 0 Å². The van der Waals surface area contributed by atoms with Crippen molar-refractivity contribution in [1.29, 1.82) is 0 Å². The minimum atomic E-state index is 0.664. The molecule has 14 heavy (non-hydrogen) atoms. The molecular weight excluding hydrogens is 194 g/mol. The molecule has 0 fully saturated rings. The van der Waals surface area contributed by atoms with Gasteiger partial charge >= 0.3 is 0 Å². The van der Waals surface area contributed by atoms with Crippen LogP contribution in [-0.2, 0) is 7.05 Å². The van der Waals surface area contributed by atoms with Crippen LogP contribution in [0.5, 0.6) is 0 Å². The van der Waals surface area contributed by atoms with Crippen molar-refractivity contribution < 1.29 is 0 Å². The lowest BCUT2D eigenvalue weighted by atomic mass is 10.1. The van der Waals surface area contributed by atoms with Crippen LogP contribution in [0.2, 0.25) is 0 Å². The lowest BCUT2D eigenvalue weighted by Gasteiger charge is -2.26. The van der Waals surface area contributed by atoms with E-state index in [1.54, 1.807) is 0 Å². The molecule has 78 valence electrons. The Morgan fingerprint density at radius 3 is 2.93 bits per heavy atom. The van der Waals surface area contributed by atoms with E-state index in [1.165, 1.54) is 10.7 Å². The third-order valence-electron chi connectivity index (χ3n) is 2.66. The normalized spacial score (nSPS) is 20.8. The fraction of sp³-hybridized carbons (Fsp3) is 0.700. The predicted octanol–water partition coefficient (Wildman–Crippen LogP) is 2.27. The van der Waals surface area contributed by atoms with Gasteiger partial charge in [0.25, 0.3) is 0 Å². The van der Waals surface area contributed by atoms with Crippen molar-refractivity contribution in [3.63, 3.8) is 0 Å². The molecule has 2 heterocycles. The fourth-order valence-corrected chi connectivity index (χ4v) is 2.99. The largest absolute Gasteiger partial charge is 0.380 e. The first kappa shape index (κ1) is 9.90. The van der Waals surface area contributed by atoms with E-state index in [2.05, 4.69) is 31.2 Å². The summed E-state index contributed by atoms with van der Waals surface area (Å²) >= 11 is 1.95. The number of aryl methyl sites for hydroxylation is 2. The molecule has 1 atom stereocenters. The van der Waals surface area contributed by atoms with Crippen molar-refractivity contribution in [2.45, 2.75) is 31.0 Å². The monoisotopic (exact) mass is 211 g/mol. The Hall–Kier alpha value is -0.640. The highest BCUT2D eigenvalue weighted by atomic mass is 32.2. The van der Waals surface area contributed by atoms with Gasteiger partial charge < -0.3 is 5.32 Å². The van der Waals surface area contributed by atoms with Crippen molar-refractivity contribution >= 4 is 17.4 Å². The molecule has 1 aliphatic heterocycles. The molecule has 4 heteroatoms. The summed E-state index contributed by atoms with van der Waals surface area (Å²) in [7, 11) is 2.02. The summed E-state index contributed by atoms with van der Waals surface area (Å²) in [6, 6.07) is 0. The van der Waals surface area contributed by atoms with E-state index in [9.17, 15) is 0 Å². The number of nitrogens with one attached hydrogen (secondary N) is 1. The molecule has 1 unspecified atom stereocenters. The Kier molecular flexibility index (Phi) is 2.47. The number of hydrogen-bond acceptors (Lipinski definition) is 3.